The van der Waals surface area contributed by atoms with Gasteiger partial charge in [-0.1, -0.05) is 31.2 Å². The minimum Gasteiger partial charge on any atom is -0.357 e. The lowest BCUT2D eigenvalue weighted by molar-refractivity contribution is -0.131. The standard InChI is InChI=1S/C22H35N5O/c1-3-23-22(25-15-20-11-8-14-26(20)4-2)24-13-7-12-21(28)27-16-18-9-5-6-10-19(18)17-27/h5-6,9-10,20H,3-4,7-8,11-17H2,1-2H3,(H2,23,24,25). The molecule has 2 aliphatic heterocycles. The van der Waals surface area contributed by atoms with E-state index in [0.29, 0.717) is 12.5 Å². The van der Waals surface area contributed by atoms with Gasteiger partial charge in [-0.3, -0.25) is 14.7 Å². The molecule has 1 aromatic rings. The lowest BCUT2D eigenvalue weighted by Crippen LogP contribution is -2.40. The van der Waals surface area contributed by atoms with Crippen LogP contribution in [0.2, 0.25) is 0 Å². The Labute approximate surface area is 169 Å². The van der Waals surface area contributed by atoms with Gasteiger partial charge in [0.25, 0.3) is 0 Å². The van der Waals surface area contributed by atoms with Gasteiger partial charge < -0.3 is 15.5 Å². The maximum atomic E-state index is 12.5. The number of benzene rings is 1. The van der Waals surface area contributed by atoms with Gasteiger partial charge in [0.15, 0.2) is 5.96 Å². The van der Waals surface area contributed by atoms with Crippen molar-refractivity contribution in [1.29, 1.82) is 0 Å². The maximum absolute atomic E-state index is 12.5. The minimum absolute atomic E-state index is 0.240. The van der Waals surface area contributed by atoms with Crippen molar-refractivity contribution in [3.63, 3.8) is 0 Å². The average Bonchev–Trinajstić information content (AvgIpc) is 3.35. The number of likely N-dealkylation sites (N-methyl/N-ethyl adjacent to an activating group) is 1. The van der Waals surface area contributed by atoms with Crippen molar-refractivity contribution in [2.24, 2.45) is 4.99 Å². The van der Waals surface area contributed by atoms with E-state index in [1.165, 1.54) is 30.5 Å². The lowest BCUT2D eigenvalue weighted by atomic mass is 10.1. The largest absolute Gasteiger partial charge is 0.357 e. The zero-order valence-electron chi connectivity index (χ0n) is 17.4. The van der Waals surface area contributed by atoms with Crippen LogP contribution in [-0.4, -0.2) is 60.4 Å². The van der Waals surface area contributed by atoms with Gasteiger partial charge in [0.1, 0.15) is 0 Å². The highest BCUT2D eigenvalue weighted by molar-refractivity contribution is 5.80. The molecule has 1 aromatic carbocycles. The number of hydrogen-bond donors (Lipinski definition) is 2. The van der Waals surface area contributed by atoms with Crippen molar-refractivity contribution >= 4 is 11.9 Å². The second-order valence-corrected chi connectivity index (χ2v) is 7.69. The van der Waals surface area contributed by atoms with E-state index in [1.54, 1.807) is 0 Å². The summed E-state index contributed by atoms with van der Waals surface area (Å²) in [6, 6.07) is 8.90. The molecule has 6 heteroatoms. The second-order valence-electron chi connectivity index (χ2n) is 7.69. The molecule has 3 rings (SSSR count). The number of amides is 1. The molecule has 1 atom stereocenters. The van der Waals surface area contributed by atoms with Crippen LogP contribution in [0.25, 0.3) is 0 Å². The predicted molar refractivity (Wildman–Crippen MR) is 114 cm³/mol. The van der Waals surface area contributed by atoms with Crippen molar-refractivity contribution in [2.75, 3.05) is 32.7 Å². The molecule has 1 amide bonds. The van der Waals surface area contributed by atoms with Crippen LogP contribution in [0.4, 0.5) is 0 Å². The Balaban J connectivity index is 1.38. The minimum atomic E-state index is 0.240. The summed E-state index contributed by atoms with van der Waals surface area (Å²) in [5, 5.41) is 6.71. The second kappa shape index (κ2) is 10.5. The van der Waals surface area contributed by atoms with Gasteiger partial charge in [-0.15, -0.1) is 0 Å². The maximum Gasteiger partial charge on any atom is 0.223 e. The molecule has 28 heavy (non-hydrogen) atoms. The van der Waals surface area contributed by atoms with E-state index in [4.69, 9.17) is 4.99 Å². The van der Waals surface area contributed by atoms with Crippen LogP contribution in [0, 0.1) is 0 Å². The Kier molecular flexibility index (Phi) is 7.71. The molecule has 0 bridgehead atoms. The summed E-state index contributed by atoms with van der Waals surface area (Å²) < 4.78 is 0. The predicted octanol–water partition coefficient (Wildman–Crippen LogP) is 2.35. The fraction of sp³-hybridized carbons (Fsp3) is 0.636. The number of carbonyl (C=O) groups excluding carboxylic acids is 1. The van der Waals surface area contributed by atoms with E-state index in [9.17, 15) is 4.79 Å². The molecule has 0 radical (unpaired) electrons. The van der Waals surface area contributed by atoms with E-state index < -0.39 is 0 Å². The summed E-state index contributed by atoms with van der Waals surface area (Å²) in [5.74, 6) is 1.11. The number of hydrogen-bond acceptors (Lipinski definition) is 3. The summed E-state index contributed by atoms with van der Waals surface area (Å²) in [6.45, 7) is 10.6. The Morgan fingerprint density at radius 1 is 1.18 bits per heavy atom. The number of likely N-dealkylation sites (tertiary alicyclic amines) is 1. The van der Waals surface area contributed by atoms with E-state index in [2.05, 4.69) is 41.5 Å². The van der Waals surface area contributed by atoms with Gasteiger partial charge in [0.2, 0.25) is 5.91 Å². The first-order valence-electron chi connectivity index (χ1n) is 10.8. The normalized spacial score (nSPS) is 19.7. The van der Waals surface area contributed by atoms with Gasteiger partial charge in [-0.2, -0.15) is 0 Å². The van der Waals surface area contributed by atoms with Gasteiger partial charge in [-0.05, 0) is 50.4 Å². The van der Waals surface area contributed by atoms with Crippen molar-refractivity contribution in [3.05, 3.63) is 35.4 Å². The van der Waals surface area contributed by atoms with Crippen molar-refractivity contribution in [1.82, 2.24) is 20.4 Å². The van der Waals surface area contributed by atoms with Crippen molar-refractivity contribution < 1.29 is 4.79 Å². The lowest BCUT2D eigenvalue weighted by Gasteiger charge is -2.21. The van der Waals surface area contributed by atoms with Crippen molar-refractivity contribution in [3.8, 4) is 0 Å². The monoisotopic (exact) mass is 385 g/mol. The van der Waals surface area contributed by atoms with E-state index >= 15 is 0 Å². The van der Waals surface area contributed by atoms with Crippen molar-refractivity contribution in [2.45, 2.75) is 58.7 Å². The number of nitrogens with one attached hydrogen (secondary N) is 2. The molecule has 0 aromatic heterocycles. The summed E-state index contributed by atoms with van der Waals surface area (Å²) >= 11 is 0. The molecule has 0 spiro atoms. The highest BCUT2D eigenvalue weighted by Gasteiger charge is 2.23. The summed E-state index contributed by atoms with van der Waals surface area (Å²) in [5.41, 5.74) is 2.56. The summed E-state index contributed by atoms with van der Waals surface area (Å²) in [6.07, 6.45) is 3.91. The molecule has 2 N–H and O–H groups in total. The topological polar surface area (TPSA) is 60.0 Å². The third kappa shape index (κ3) is 5.47. The third-order valence-corrected chi connectivity index (χ3v) is 5.76. The number of aliphatic imine (C=N–C) groups is 1. The molecular formula is C22H35N5O. The Bertz CT molecular complexity index is 650. The SMILES string of the molecule is CCNC(=NCC1CCCN1CC)NCCCC(=O)N1Cc2ccccc2C1. The van der Waals surface area contributed by atoms with Gasteiger partial charge in [0.05, 0.1) is 6.54 Å². The quantitative estimate of drug-likeness (QED) is 0.410. The number of guanidine groups is 1. The first-order valence-corrected chi connectivity index (χ1v) is 10.8. The van der Waals surface area contributed by atoms with E-state index in [1.807, 2.05) is 17.0 Å². The van der Waals surface area contributed by atoms with Gasteiger partial charge >= 0.3 is 0 Å². The first kappa shape index (κ1) is 20.6. The molecule has 154 valence electrons. The first-order chi connectivity index (χ1) is 13.7. The summed E-state index contributed by atoms with van der Waals surface area (Å²) in [7, 11) is 0. The Morgan fingerprint density at radius 2 is 1.93 bits per heavy atom. The molecule has 6 nitrogen and oxygen atoms in total. The third-order valence-electron chi connectivity index (χ3n) is 5.76. The van der Waals surface area contributed by atoms with Crippen LogP contribution in [0.3, 0.4) is 0 Å². The zero-order chi connectivity index (χ0) is 19.8. The zero-order valence-corrected chi connectivity index (χ0v) is 17.4. The van der Waals surface area contributed by atoms with E-state index in [0.717, 1.165) is 51.6 Å². The molecular weight excluding hydrogens is 350 g/mol. The van der Waals surface area contributed by atoms with Crippen LogP contribution in [0.1, 0.15) is 50.7 Å². The molecule has 0 aliphatic carbocycles. The fourth-order valence-corrected chi connectivity index (χ4v) is 4.17. The van der Waals surface area contributed by atoms with Crippen LogP contribution >= 0.6 is 0 Å². The average molecular weight is 386 g/mol. The molecule has 2 aliphatic rings. The van der Waals surface area contributed by atoms with E-state index in [-0.39, 0.29) is 5.91 Å². The Hall–Kier alpha value is -2.08. The Morgan fingerprint density at radius 3 is 2.61 bits per heavy atom. The van der Waals surface area contributed by atoms with Crippen LogP contribution in [0.5, 0.6) is 0 Å². The van der Waals surface area contributed by atoms with Crippen LogP contribution in [-0.2, 0) is 17.9 Å². The van der Waals surface area contributed by atoms with Gasteiger partial charge in [-0.25, -0.2) is 0 Å². The highest BCUT2D eigenvalue weighted by atomic mass is 16.2. The molecule has 1 fully saturated rings. The van der Waals surface area contributed by atoms with Crippen LogP contribution in [0.15, 0.2) is 29.3 Å². The molecule has 1 saturated heterocycles. The van der Waals surface area contributed by atoms with Crippen LogP contribution < -0.4 is 10.6 Å². The number of carbonyl (C=O) groups is 1. The fourth-order valence-electron chi connectivity index (χ4n) is 4.17. The molecule has 1 unspecified atom stereocenters. The van der Waals surface area contributed by atoms with Gasteiger partial charge in [0, 0.05) is 38.6 Å². The number of fused-ring (bicyclic) bond motifs is 1. The molecule has 2 heterocycles. The smallest absolute Gasteiger partial charge is 0.223 e. The number of nitrogens with zero attached hydrogens (tertiary/aromatic N) is 3. The summed E-state index contributed by atoms with van der Waals surface area (Å²) in [4.78, 5) is 21.7. The number of rotatable bonds is 8. The molecule has 0 saturated carbocycles. The highest BCUT2D eigenvalue weighted by Crippen LogP contribution is 2.22.